The number of aliphatic hydroxyl groups is 1. The van der Waals surface area contributed by atoms with Crippen LogP contribution >= 0.6 is 0 Å². The molecule has 2 heterocycles. The Labute approximate surface area is 178 Å². The number of benzene rings is 1. The second kappa shape index (κ2) is 9.60. The Balaban J connectivity index is 1.89. The van der Waals surface area contributed by atoms with Gasteiger partial charge in [-0.05, 0) is 42.8 Å². The highest BCUT2D eigenvalue weighted by Gasteiger charge is 2.20. The molecule has 2 aromatic heterocycles. The van der Waals surface area contributed by atoms with Gasteiger partial charge in [-0.1, -0.05) is 18.2 Å². The minimum Gasteiger partial charge on any atom is -0.390 e. The predicted molar refractivity (Wildman–Crippen MR) is 118 cm³/mol. The average Bonchev–Trinajstić information content (AvgIpc) is 2.73. The van der Waals surface area contributed by atoms with E-state index in [1.165, 1.54) is 6.20 Å². The van der Waals surface area contributed by atoms with E-state index in [2.05, 4.69) is 15.3 Å². The van der Waals surface area contributed by atoms with Crippen molar-refractivity contribution >= 4 is 28.1 Å². The fourth-order valence-electron chi connectivity index (χ4n) is 3.00. The maximum atomic E-state index is 13.2. The summed E-state index contributed by atoms with van der Waals surface area (Å²) in [5.74, 6) is -0.170. The van der Waals surface area contributed by atoms with Gasteiger partial charge in [0.25, 0.3) is 5.91 Å². The number of pyridine rings is 2. The molecule has 0 bridgehead atoms. The number of para-hydroxylation sites is 1. The number of anilines is 2. The van der Waals surface area contributed by atoms with E-state index in [1.54, 1.807) is 31.2 Å². The zero-order valence-electron chi connectivity index (χ0n) is 17.1. The van der Waals surface area contributed by atoms with Crippen LogP contribution in [-0.2, 0) is 23.2 Å². The van der Waals surface area contributed by atoms with Crippen molar-refractivity contribution in [1.82, 2.24) is 9.97 Å². The van der Waals surface area contributed by atoms with Gasteiger partial charge in [-0.3, -0.25) is 14.0 Å². The molecule has 1 aromatic carbocycles. The molecule has 2 N–H and O–H groups in total. The van der Waals surface area contributed by atoms with Crippen molar-refractivity contribution in [2.24, 2.45) is 0 Å². The Morgan fingerprint density at radius 2 is 1.93 bits per heavy atom. The van der Waals surface area contributed by atoms with Crippen LogP contribution in [0.3, 0.4) is 0 Å². The first-order valence-electron chi connectivity index (χ1n) is 9.37. The molecule has 7 nitrogen and oxygen atoms in total. The number of rotatable bonds is 7. The summed E-state index contributed by atoms with van der Waals surface area (Å²) < 4.78 is 13.2. The number of hydrogen-bond acceptors (Lipinski definition) is 6. The van der Waals surface area contributed by atoms with E-state index in [9.17, 15) is 14.1 Å². The molecule has 0 fully saturated rings. The number of carbonyl (C=O) groups excluding carboxylic acids is 1. The quantitative estimate of drug-likeness (QED) is 0.606. The van der Waals surface area contributed by atoms with Gasteiger partial charge in [0, 0.05) is 37.4 Å². The van der Waals surface area contributed by atoms with Crippen LogP contribution in [0.25, 0.3) is 0 Å². The lowest BCUT2D eigenvalue weighted by Crippen LogP contribution is -2.17. The van der Waals surface area contributed by atoms with Crippen LogP contribution in [0.5, 0.6) is 0 Å². The fourth-order valence-corrected chi connectivity index (χ4v) is 4.31. The standard InChI is InChI=1S/C22H24N4O3S/c1-15-8-9-19(21(28)25-17-10-11-23-18(12-17)13-27)22(24-15)30(29)14-16-6-4-5-7-20(16)26(2)3/h4-12,27H,13-14H2,1-3H3,(H,23,25,28). The number of aromatic nitrogens is 2. The number of amides is 1. The lowest BCUT2D eigenvalue weighted by atomic mass is 10.2. The van der Waals surface area contributed by atoms with Gasteiger partial charge in [0.1, 0.15) is 5.03 Å². The number of hydrogen-bond donors (Lipinski definition) is 2. The smallest absolute Gasteiger partial charge is 0.258 e. The molecule has 1 amide bonds. The highest BCUT2D eigenvalue weighted by molar-refractivity contribution is 7.84. The summed E-state index contributed by atoms with van der Waals surface area (Å²) in [6.45, 7) is 1.57. The van der Waals surface area contributed by atoms with Crippen LogP contribution < -0.4 is 10.2 Å². The maximum Gasteiger partial charge on any atom is 0.258 e. The molecular weight excluding hydrogens is 400 g/mol. The highest BCUT2D eigenvalue weighted by atomic mass is 32.2. The van der Waals surface area contributed by atoms with Gasteiger partial charge in [0.05, 0.1) is 34.4 Å². The van der Waals surface area contributed by atoms with Crippen LogP contribution in [0.15, 0.2) is 59.8 Å². The molecule has 0 aliphatic carbocycles. The summed E-state index contributed by atoms with van der Waals surface area (Å²) in [5, 5.41) is 12.2. The lowest BCUT2D eigenvalue weighted by Gasteiger charge is -2.17. The molecule has 8 heteroatoms. The monoisotopic (exact) mass is 424 g/mol. The topological polar surface area (TPSA) is 95.4 Å². The van der Waals surface area contributed by atoms with E-state index in [0.717, 1.165) is 11.3 Å². The predicted octanol–water partition coefficient (Wildman–Crippen LogP) is 2.90. The fraction of sp³-hybridized carbons (Fsp3) is 0.227. The molecule has 1 atom stereocenters. The summed E-state index contributed by atoms with van der Waals surface area (Å²) in [4.78, 5) is 23.3. The van der Waals surface area contributed by atoms with Gasteiger partial charge in [0.15, 0.2) is 0 Å². The Bertz CT molecular complexity index is 1090. The van der Waals surface area contributed by atoms with Gasteiger partial charge in [-0.2, -0.15) is 0 Å². The molecule has 0 aliphatic heterocycles. The van der Waals surface area contributed by atoms with Crippen LogP contribution in [0.1, 0.15) is 27.3 Å². The van der Waals surface area contributed by atoms with Gasteiger partial charge < -0.3 is 15.3 Å². The van der Waals surface area contributed by atoms with E-state index in [-0.39, 0.29) is 22.9 Å². The molecule has 3 rings (SSSR count). The van der Waals surface area contributed by atoms with Crippen LogP contribution in [-0.4, -0.2) is 39.3 Å². The molecule has 1 unspecified atom stereocenters. The molecular formula is C22H24N4O3S. The van der Waals surface area contributed by atoms with Crippen molar-refractivity contribution in [3.05, 3.63) is 77.2 Å². The molecule has 0 aliphatic rings. The van der Waals surface area contributed by atoms with E-state index < -0.39 is 16.7 Å². The van der Waals surface area contributed by atoms with E-state index in [1.807, 2.05) is 43.3 Å². The minimum atomic E-state index is -1.52. The molecule has 0 saturated heterocycles. The van der Waals surface area contributed by atoms with Gasteiger partial charge in [-0.25, -0.2) is 4.98 Å². The summed E-state index contributed by atoms with van der Waals surface area (Å²) in [7, 11) is 2.34. The highest BCUT2D eigenvalue weighted by Crippen LogP contribution is 2.23. The summed E-state index contributed by atoms with van der Waals surface area (Å²) in [6, 6.07) is 14.3. The first kappa shape index (κ1) is 21.6. The molecule has 30 heavy (non-hydrogen) atoms. The number of carbonyl (C=O) groups is 1. The minimum absolute atomic E-state index is 0.226. The number of nitrogens with zero attached hydrogens (tertiary/aromatic N) is 3. The van der Waals surface area contributed by atoms with Gasteiger partial charge in [-0.15, -0.1) is 0 Å². The third-order valence-electron chi connectivity index (χ3n) is 4.46. The average molecular weight is 425 g/mol. The van der Waals surface area contributed by atoms with Crippen molar-refractivity contribution in [3.8, 4) is 0 Å². The Kier molecular flexibility index (Phi) is 6.91. The maximum absolute atomic E-state index is 13.2. The summed E-state index contributed by atoms with van der Waals surface area (Å²) in [6.07, 6.45) is 1.51. The lowest BCUT2D eigenvalue weighted by molar-refractivity contribution is 0.102. The van der Waals surface area contributed by atoms with Crippen molar-refractivity contribution in [1.29, 1.82) is 0 Å². The van der Waals surface area contributed by atoms with Crippen molar-refractivity contribution in [3.63, 3.8) is 0 Å². The largest absolute Gasteiger partial charge is 0.390 e. The Morgan fingerprint density at radius 1 is 1.17 bits per heavy atom. The molecule has 0 radical (unpaired) electrons. The number of aryl methyl sites for hydroxylation is 1. The summed E-state index contributed by atoms with van der Waals surface area (Å²) >= 11 is 0. The molecule has 3 aromatic rings. The second-order valence-electron chi connectivity index (χ2n) is 6.97. The van der Waals surface area contributed by atoms with Crippen molar-refractivity contribution in [2.45, 2.75) is 24.3 Å². The molecule has 156 valence electrons. The summed E-state index contributed by atoms with van der Waals surface area (Å²) in [5.41, 5.74) is 3.76. The van der Waals surface area contributed by atoms with E-state index in [0.29, 0.717) is 17.1 Å². The Morgan fingerprint density at radius 3 is 2.67 bits per heavy atom. The number of aliphatic hydroxyl groups excluding tert-OH is 1. The van der Waals surface area contributed by atoms with Crippen LogP contribution in [0, 0.1) is 6.92 Å². The van der Waals surface area contributed by atoms with Crippen molar-refractivity contribution in [2.75, 3.05) is 24.3 Å². The third-order valence-corrected chi connectivity index (χ3v) is 5.77. The van der Waals surface area contributed by atoms with Gasteiger partial charge in [0.2, 0.25) is 0 Å². The molecule has 0 saturated carbocycles. The van der Waals surface area contributed by atoms with Crippen molar-refractivity contribution < 1.29 is 14.1 Å². The SMILES string of the molecule is Cc1ccc(C(=O)Nc2ccnc(CO)c2)c(S(=O)Cc2ccccc2N(C)C)n1. The third kappa shape index (κ3) is 5.08. The van der Waals surface area contributed by atoms with Crippen LogP contribution in [0.2, 0.25) is 0 Å². The Hall–Kier alpha value is -3.10. The van der Waals surface area contributed by atoms with Crippen LogP contribution in [0.4, 0.5) is 11.4 Å². The first-order valence-corrected chi connectivity index (χ1v) is 10.7. The van der Waals surface area contributed by atoms with E-state index in [4.69, 9.17) is 0 Å². The second-order valence-corrected chi connectivity index (χ2v) is 8.33. The van der Waals surface area contributed by atoms with E-state index >= 15 is 0 Å². The normalized spacial score (nSPS) is 11.7. The zero-order valence-corrected chi connectivity index (χ0v) is 17.9. The van der Waals surface area contributed by atoms with Gasteiger partial charge >= 0.3 is 0 Å². The zero-order chi connectivity index (χ0) is 21.7. The first-order chi connectivity index (χ1) is 14.4. The molecule has 0 spiro atoms. The number of nitrogens with one attached hydrogen (secondary N) is 1.